The van der Waals surface area contributed by atoms with Crippen molar-refractivity contribution >= 4 is 15.2 Å². The lowest BCUT2D eigenvalue weighted by atomic mass is 10.1. The third kappa shape index (κ3) is 8.88. The molecule has 0 aromatic carbocycles. The van der Waals surface area contributed by atoms with Gasteiger partial charge in [0.15, 0.2) is 0 Å². The molecule has 0 spiro atoms. The zero-order valence-corrected chi connectivity index (χ0v) is 11.1. The summed E-state index contributed by atoms with van der Waals surface area (Å²) in [7, 11) is -8.44. The molecule has 0 aliphatic heterocycles. The lowest BCUT2D eigenvalue weighted by Gasteiger charge is -2.21. The van der Waals surface area contributed by atoms with Crippen molar-refractivity contribution < 1.29 is 28.7 Å². The summed E-state index contributed by atoms with van der Waals surface area (Å²) < 4.78 is 21.7. The van der Waals surface area contributed by atoms with Gasteiger partial charge in [-0.1, -0.05) is 0 Å². The number of hydrogen-bond donors (Lipinski definition) is 6. The lowest BCUT2D eigenvalue weighted by molar-refractivity contribution is 0.341. The summed E-state index contributed by atoms with van der Waals surface area (Å²) in [4.78, 5) is 35.4. The fourth-order valence-electron chi connectivity index (χ4n) is 1.40. The summed E-state index contributed by atoms with van der Waals surface area (Å²) >= 11 is 0. The number of rotatable bonds is 8. The molecular weight excluding hydrogens is 270 g/mol. The van der Waals surface area contributed by atoms with E-state index in [2.05, 4.69) is 0 Å². The van der Waals surface area contributed by atoms with Gasteiger partial charge in [0.2, 0.25) is 0 Å². The van der Waals surface area contributed by atoms with Gasteiger partial charge in [-0.15, -0.1) is 0 Å². The van der Waals surface area contributed by atoms with Crippen molar-refractivity contribution in [1.82, 2.24) is 0 Å². The molecule has 2 unspecified atom stereocenters. The average Bonchev–Trinajstić information content (AvgIpc) is 2.12. The minimum absolute atomic E-state index is 0.0170. The molecule has 8 N–H and O–H groups in total. The van der Waals surface area contributed by atoms with Gasteiger partial charge in [-0.25, -0.2) is 0 Å². The monoisotopic (exact) mass is 290 g/mol. The molecule has 0 bridgehead atoms. The summed E-state index contributed by atoms with van der Waals surface area (Å²) in [6.07, 6.45) is -0.288. The molecule has 2 atom stereocenters. The maximum Gasteiger partial charge on any atom is 0.328 e. The first kappa shape index (κ1) is 17.2. The maximum atomic E-state index is 11.1. The van der Waals surface area contributed by atoms with Gasteiger partial charge in [-0.05, 0) is 19.3 Å². The standard InChI is InChI=1S/C7H20N2O6P2/c8-5-6(9)4-7(17(13,14)15)2-1-3-16(10,11)12/h6-7H,1-5,8-9H2,(H2,10,11,12)(H2,13,14,15). The van der Waals surface area contributed by atoms with Crippen LogP contribution in [0.3, 0.4) is 0 Å². The van der Waals surface area contributed by atoms with E-state index in [0.29, 0.717) is 0 Å². The Hall–Kier alpha value is 0.220. The zero-order valence-electron chi connectivity index (χ0n) is 9.34. The molecule has 0 aromatic heterocycles. The molecular formula is C7H20N2O6P2. The van der Waals surface area contributed by atoms with Crippen LogP contribution in [0.1, 0.15) is 19.3 Å². The van der Waals surface area contributed by atoms with Gasteiger partial charge in [-0.2, -0.15) is 0 Å². The van der Waals surface area contributed by atoms with Crippen molar-refractivity contribution in [3.63, 3.8) is 0 Å². The van der Waals surface area contributed by atoms with Crippen LogP contribution in [0, 0.1) is 0 Å². The highest BCUT2D eigenvalue weighted by molar-refractivity contribution is 7.52. The van der Waals surface area contributed by atoms with Crippen LogP contribution in [0.25, 0.3) is 0 Å². The molecule has 0 aliphatic rings. The SMILES string of the molecule is NCC(N)CC(CCCP(=O)(O)O)P(=O)(O)O. The molecule has 104 valence electrons. The van der Waals surface area contributed by atoms with E-state index in [1.807, 2.05) is 0 Å². The van der Waals surface area contributed by atoms with Gasteiger partial charge in [0, 0.05) is 18.7 Å². The summed E-state index contributed by atoms with van der Waals surface area (Å²) in [5.41, 5.74) is 9.77. The number of nitrogens with two attached hydrogens (primary N) is 2. The Morgan fingerprint density at radius 2 is 1.65 bits per heavy atom. The fraction of sp³-hybridized carbons (Fsp3) is 1.00. The van der Waals surface area contributed by atoms with Gasteiger partial charge in [0.1, 0.15) is 0 Å². The summed E-state index contributed by atoms with van der Waals surface area (Å²) in [5.74, 6) is 0. The Kier molecular flexibility index (Phi) is 7.06. The molecule has 0 fully saturated rings. The van der Waals surface area contributed by atoms with Crippen LogP contribution in [-0.4, -0.2) is 44.0 Å². The van der Waals surface area contributed by atoms with E-state index < -0.39 is 26.9 Å². The Bertz CT molecular complexity index is 313. The van der Waals surface area contributed by atoms with E-state index in [1.54, 1.807) is 0 Å². The zero-order chi connectivity index (χ0) is 13.7. The first-order chi connectivity index (χ1) is 7.56. The second-order valence-corrected chi connectivity index (χ2v) is 7.69. The third-order valence-electron chi connectivity index (χ3n) is 2.34. The highest BCUT2D eigenvalue weighted by Gasteiger charge is 2.30. The normalized spacial score (nSPS) is 16.8. The Labute approximate surface area is 99.7 Å². The van der Waals surface area contributed by atoms with E-state index >= 15 is 0 Å². The minimum atomic E-state index is -4.31. The van der Waals surface area contributed by atoms with E-state index in [1.165, 1.54) is 0 Å². The van der Waals surface area contributed by atoms with Crippen LogP contribution in [0.2, 0.25) is 0 Å². The number of hydrogen-bond acceptors (Lipinski definition) is 4. The molecule has 0 aromatic rings. The predicted octanol–water partition coefficient (Wildman–Crippen LogP) is -0.833. The molecule has 0 saturated carbocycles. The van der Waals surface area contributed by atoms with Crippen LogP contribution < -0.4 is 11.5 Å². The molecule has 0 radical (unpaired) electrons. The van der Waals surface area contributed by atoms with Gasteiger partial charge in [0.25, 0.3) is 0 Å². The second kappa shape index (κ2) is 6.97. The Morgan fingerprint density at radius 3 is 2.00 bits per heavy atom. The molecule has 0 saturated heterocycles. The van der Waals surface area contributed by atoms with Crippen molar-refractivity contribution in [2.45, 2.75) is 31.0 Å². The molecule has 10 heteroatoms. The van der Waals surface area contributed by atoms with Gasteiger partial charge >= 0.3 is 15.2 Å². The quantitative estimate of drug-likeness (QED) is 0.315. The molecule has 17 heavy (non-hydrogen) atoms. The minimum Gasteiger partial charge on any atom is -0.329 e. The molecule has 0 heterocycles. The maximum absolute atomic E-state index is 11.1. The van der Waals surface area contributed by atoms with Gasteiger partial charge in [-0.3, -0.25) is 9.13 Å². The van der Waals surface area contributed by atoms with Crippen molar-refractivity contribution in [3.8, 4) is 0 Å². The first-order valence-corrected chi connectivity index (χ1v) is 8.59. The van der Waals surface area contributed by atoms with Crippen LogP contribution >= 0.6 is 15.2 Å². The smallest absolute Gasteiger partial charge is 0.328 e. The van der Waals surface area contributed by atoms with Crippen molar-refractivity contribution in [3.05, 3.63) is 0 Å². The topological polar surface area (TPSA) is 167 Å². The highest BCUT2D eigenvalue weighted by atomic mass is 31.2. The van der Waals surface area contributed by atoms with E-state index in [0.717, 1.165) is 0 Å². The third-order valence-corrected chi connectivity index (χ3v) is 4.66. The van der Waals surface area contributed by atoms with Crippen LogP contribution in [-0.2, 0) is 9.13 Å². The highest BCUT2D eigenvalue weighted by Crippen LogP contribution is 2.46. The largest absolute Gasteiger partial charge is 0.329 e. The van der Waals surface area contributed by atoms with Crippen molar-refractivity contribution in [2.24, 2.45) is 11.5 Å². The van der Waals surface area contributed by atoms with Crippen molar-refractivity contribution in [2.75, 3.05) is 12.7 Å². The Balaban J connectivity index is 4.32. The first-order valence-electron chi connectivity index (χ1n) is 5.11. The predicted molar refractivity (Wildman–Crippen MR) is 63.6 cm³/mol. The molecule has 0 amide bonds. The average molecular weight is 290 g/mol. The second-order valence-electron chi connectivity index (χ2n) is 4.00. The lowest BCUT2D eigenvalue weighted by Crippen LogP contribution is -2.33. The van der Waals surface area contributed by atoms with E-state index in [4.69, 9.17) is 31.0 Å². The molecule has 0 aliphatic carbocycles. The summed E-state index contributed by atoms with van der Waals surface area (Å²) in [6.45, 7) is 0.106. The van der Waals surface area contributed by atoms with Gasteiger partial charge < -0.3 is 31.0 Å². The van der Waals surface area contributed by atoms with Crippen molar-refractivity contribution in [1.29, 1.82) is 0 Å². The van der Waals surface area contributed by atoms with E-state index in [9.17, 15) is 9.13 Å². The van der Waals surface area contributed by atoms with Crippen LogP contribution in [0.4, 0.5) is 0 Å². The Morgan fingerprint density at radius 1 is 1.12 bits per heavy atom. The molecule has 0 rings (SSSR count). The fourth-order valence-corrected chi connectivity index (χ4v) is 3.06. The van der Waals surface area contributed by atoms with E-state index in [-0.39, 0.29) is 32.0 Å². The van der Waals surface area contributed by atoms with Crippen LogP contribution in [0.5, 0.6) is 0 Å². The van der Waals surface area contributed by atoms with Gasteiger partial charge in [0.05, 0.1) is 5.66 Å². The van der Waals surface area contributed by atoms with Crippen LogP contribution in [0.15, 0.2) is 0 Å². The summed E-state index contributed by atoms with van der Waals surface area (Å²) in [6, 6.07) is -0.525. The summed E-state index contributed by atoms with van der Waals surface area (Å²) in [5, 5.41) is 0. The molecule has 8 nitrogen and oxygen atoms in total.